The van der Waals surface area contributed by atoms with Gasteiger partial charge < -0.3 is 0 Å². The summed E-state index contributed by atoms with van der Waals surface area (Å²) in [6.45, 7) is 9.67. The molecule has 3 heterocycles. The summed E-state index contributed by atoms with van der Waals surface area (Å²) in [4.78, 5) is 0. The number of fused-ring (bicyclic) bond motifs is 8. The maximum atomic E-state index is 2.61. The molecule has 1 aliphatic rings. The molecule has 0 N–H and O–H groups in total. The standard InChI is InChI=1S/C29H25N2/c1-28(2)26-19-12-6-5-11-18(19)17-21-20-13-7-8-14-22(20)30-23-15-9-10-16-24(23)31(29(28,3)4)27(30)25(21)26/h5-17H,1-4H3/q+1. The molecule has 31 heavy (non-hydrogen) atoms. The van der Waals surface area contributed by atoms with Crippen molar-refractivity contribution in [1.82, 2.24) is 4.40 Å². The molecule has 0 saturated carbocycles. The average Bonchev–Trinajstić information content (AvgIpc) is 3.13. The summed E-state index contributed by atoms with van der Waals surface area (Å²) >= 11 is 0. The van der Waals surface area contributed by atoms with E-state index in [-0.39, 0.29) is 11.0 Å². The van der Waals surface area contributed by atoms with Gasteiger partial charge in [-0.3, -0.25) is 0 Å². The molecule has 0 atom stereocenters. The van der Waals surface area contributed by atoms with Crippen LogP contribution < -0.4 is 4.57 Å². The van der Waals surface area contributed by atoms with Crippen molar-refractivity contribution in [3.8, 4) is 0 Å². The number of para-hydroxylation sites is 3. The number of benzene rings is 4. The molecule has 1 aliphatic heterocycles. The lowest BCUT2D eigenvalue weighted by molar-refractivity contribution is -0.723. The molecule has 0 aliphatic carbocycles. The Morgan fingerprint density at radius 1 is 0.677 bits per heavy atom. The van der Waals surface area contributed by atoms with E-state index in [4.69, 9.17) is 0 Å². The molecule has 0 saturated heterocycles. The second-order valence-corrected chi connectivity index (χ2v) is 10.1. The molecule has 0 radical (unpaired) electrons. The summed E-state index contributed by atoms with van der Waals surface area (Å²) in [5, 5.41) is 6.78. The van der Waals surface area contributed by atoms with E-state index in [9.17, 15) is 0 Å². The van der Waals surface area contributed by atoms with E-state index >= 15 is 0 Å². The van der Waals surface area contributed by atoms with Crippen LogP contribution in [0.25, 0.3) is 49.1 Å². The number of aromatic nitrogens is 2. The van der Waals surface area contributed by atoms with Gasteiger partial charge in [-0.1, -0.05) is 68.4 Å². The molecule has 0 fully saturated rings. The highest BCUT2D eigenvalue weighted by Crippen LogP contribution is 2.50. The molecular formula is C29H25N2+. The molecule has 2 nitrogen and oxygen atoms in total. The zero-order valence-corrected chi connectivity index (χ0v) is 18.4. The SMILES string of the molecule is CC1(C)c2c3ccccc3cc3c4ccccc4n4c5ccccc5[n+](c4c23)C1(C)C. The van der Waals surface area contributed by atoms with Gasteiger partial charge in [0.1, 0.15) is 11.1 Å². The first-order valence-corrected chi connectivity index (χ1v) is 11.2. The summed E-state index contributed by atoms with van der Waals surface area (Å²) in [6.07, 6.45) is 0. The first kappa shape index (κ1) is 17.3. The van der Waals surface area contributed by atoms with Gasteiger partial charge in [0.2, 0.25) is 0 Å². The first-order valence-electron chi connectivity index (χ1n) is 11.2. The van der Waals surface area contributed by atoms with E-state index in [1.54, 1.807) is 0 Å². The largest absolute Gasteiger partial charge is 0.296 e. The van der Waals surface area contributed by atoms with Gasteiger partial charge in [-0.15, -0.1) is 0 Å². The summed E-state index contributed by atoms with van der Waals surface area (Å²) in [5.74, 6) is 0. The van der Waals surface area contributed by atoms with Gasteiger partial charge in [0, 0.05) is 16.2 Å². The number of imidazole rings is 1. The van der Waals surface area contributed by atoms with Crippen LogP contribution in [-0.2, 0) is 11.0 Å². The van der Waals surface area contributed by atoms with Crippen LogP contribution in [0, 0.1) is 0 Å². The van der Waals surface area contributed by atoms with Gasteiger partial charge in [-0.25, -0.2) is 4.57 Å². The molecule has 7 rings (SSSR count). The first-order chi connectivity index (χ1) is 14.9. The topological polar surface area (TPSA) is 8.29 Å². The van der Waals surface area contributed by atoms with Crippen LogP contribution in [0.4, 0.5) is 0 Å². The van der Waals surface area contributed by atoms with Crippen LogP contribution in [0.1, 0.15) is 33.3 Å². The van der Waals surface area contributed by atoms with Gasteiger partial charge in [-0.2, -0.15) is 4.40 Å². The fourth-order valence-corrected chi connectivity index (χ4v) is 6.13. The molecule has 0 unspecified atom stereocenters. The van der Waals surface area contributed by atoms with Crippen LogP contribution >= 0.6 is 0 Å². The van der Waals surface area contributed by atoms with E-state index in [1.807, 2.05) is 0 Å². The van der Waals surface area contributed by atoms with E-state index < -0.39 is 0 Å². The zero-order valence-electron chi connectivity index (χ0n) is 18.4. The van der Waals surface area contributed by atoms with Gasteiger partial charge in [0.25, 0.3) is 5.65 Å². The van der Waals surface area contributed by atoms with Crippen LogP contribution in [0.2, 0.25) is 0 Å². The van der Waals surface area contributed by atoms with Crippen molar-refractivity contribution in [3.63, 3.8) is 0 Å². The number of rotatable bonds is 0. The van der Waals surface area contributed by atoms with Gasteiger partial charge in [0.15, 0.2) is 11.0 Å². The third kappa shape index (κ3) is 1.80. The number of pyridine rings is 1. The van der Waals surface area contributed by atoms with E-state index in [0.717, 1.165) is 0 Å². The van der Waals surface area contributed by atoms with Crippen molar-refractivity contribution in [3.05, 3.63) is 84.4 Å². The number of hydrogen-bond donors (Lipinski definition) is 0. The molecule has 2 heteroatoms. The van der Waals surface area contributed by atoms with Crippen molar-refractivity contribution in [2.75, 3.05) is 0 Å². The molecular weight excluding hydrogens is 376 g/mol. The Hall–Kier alpha value is -3.39. The lowest BCUT2D eigenvalue weighted by Crippen LogP contribution is -2.64. The average molecular weight is 402 g/mol. The Labute approximate surface area is 181 Å². The van der Waals surface area contributed by atoms with Crippen molar-refractivity contribution in [2.24, 2.45) is 0 Å². The monoisotopic (exact) mass is 401 g/mol. The Kier molecular flexibility index (Phi) is 2.94. The van der Waals surface area contributed by atoms with Gasteiger partial charge in [-0.05, 0) is 54.4 Å². The molecule has 0 bridgehead atoms. The van der Waals surface area contributed by atoms with Crippen LogP contribution in [0.3, 0.4) is 0 Å². The lowest BCUT2D eigenvalue weighted by atomic mass is 9.65. The van der Waals surface area contributed by atoms with E-state index in [1.165, 1.54) is 54.7 Å². The fraction of sp³-hybridized carbons (Fsp3) is 0.207. The lowest BCUT2D eigenvalue weighted by Gasteiger charge is -2.43. The van der Waals surface area contributed by atoms with Gasteiger partial charge >= 0.3 is 0 Å². The normalized spacial score (nSPS) is 16.9. The van der Waals surface area contributed by atoms with E-state index in [2.05, 4.69) is 116 Å². The van der Waals surface area contributed by atoms with Crippen molar-refractivity contribution < 1.29 is 4.57 Å². The van der Waals surface area contributed by atoms with Crippen molar-refractivity contribution in [2.45, 2.75) is 38.6 Å². The molecule has 0 amide bonds. The Morgan fingerprint density at radius 3 is 2.13 bits per heavy atom. The van der Waals surface area contributed by atoms with Crippen LogP contribution in [0.5, 0.6) is 0 Å². The molecule has 150 valence electrons. The molecule has 4 aromatic carbocycles. The quantitative estimate of drug-likeness (QED) is 0.149. The summed E-state index contributed by atoms with van der Waals surface area (Å²) in [7, 11) is 0. The fourth-order valence-electron chi connectivity index (χ4n) is 6.13. The van der Waals surface area contributed by atoms with Crippen molar-refractivity contribution in [1.29, 1.82) is 0 Å². The zero-order chi connectivity index (χ0) is 21.1. The smallest absolute Gasteiger partial charge is 0.217 e. The molecule has 2 aromatic heterocycles. The predicted molar refractivity (Wildman–Crippen MR) is 130 cm³/mol. The summed E-state index contributed by atoms with van der Waals surface area (Å²) < 4.78 is 5.11. The Morgan fingerprint density at radius 2 is 1.32 bits per heavy atom. The van der Waals surface area contributed by atoms with Crippen LogP contribution in [0.15, 0.2) is 78.9 Å². The van der Waals surface area contributed by atoms with Crippen molar-refractivity contribution >= 4 is 49.1 Å². The van der Waals surface area contributed by atoms with Crippen LogP contribution in [-0.4, -0.2) is 4.40 Å². The molecule has 0 spiro atoms. The minimum absolute atomic E-state index is 0.0587. The number of hydrogen-bond acceptors (Lipinski definition) is 0. The van der Waals surface area contributed by atoms with E-state index in [0.29, 0.717) is 0 Å². The second-order valence-electron chi connectivity index (χ2n) is 10.1. The highest BCUT2D eigenvalue weighted by molar-refractivity contribution is 6.19. The third-order valence-corrected chi connectivity index (χ3v) is 8.21. The Bertz CT molecular complexity index is 1730. The second kappa shape index (κ2) is 5.26. The maximum Gasteiger partial charge on any atom is 0.296 e. The predicted octanol–water partition coefficient (Wildman–Crippen LogP) is 6.87. The molecule has 6 aromatic rings. The highest BCUT2D eigenvalue weighted by Gasteiger charge is 2.52. The number of nitrogens with zero attached hydrogens (tertiary/aromatic N) is 2. The Balaban J connectivity index is 1.99. The summed E-state index contributed by atoms with van der Waals surface area (Å²) in [5.41, 5.74) is 6.49. The highest BCUT2D eigenvalue weighted by atomic mass is 15.2. The minimum atomic E-state index is -0.103. The maximum absolute atomic E-state index is 2.61. The summed E-state index contributed by atoms with van der Waals surface area (Å²) in [6, 6.07) is 29.1. The third-order valence-electron chi connectivity index (χ3n) is 8.21. The van der Waals surface area contributed by atoms with Gasteiger partial charge in [0.05, 0.1) is 5.39 Å². The minimum Gasteiger partial charge on any atom is -0.217 e.